The summed E-state index contributed by atoms with van der Waals surface area (Å²) in [4.78, 5) is 35.1. The first-order valence-corrected chi connectivity index (χ1v) is 8.44. The molecule has 2 rings (SSSR count). The molecule has 0 fully saturated rings. The Bertz CT molecular complexity index is 794. The van der Waals surface area contributed by atoms with Gasteiger partial charge in [0.2, 0.25) is 5.91 Å². The van der Waals surface area contributed by atoms with Gasteiger partial charge in [0.25, 0.3) is 5.91 Å². The summed E-state index contributed by atoms with van der Waals surface area (Å²) >= 11 is 11.6. The lowest BCUT2D eigenvalue weighted by Gasteiger charge is -2.07. The van der Waals surface area contributed by atoms with E-state index in [1.54, 1.807) is 48.5 Å². The van der Waals surface area contributed by atoms with Gasteiger partial charge in [-0.3, -0.25) is 14.4 Å². The molecule has 0 aliphatic heterocycles. The highest BCUT2D eigenvalue weighted by atomic mass is 35.5. The van der Waals surface area contributed by atoms with Crippen molar-refractivity contribution in [2.75, 3.05) is 17.2 Å². The second-order valence-electron chi connectivity index (χ2n) is 5.27. The number of amides is 2. The number of nitrogens with one attached hydrogen (secondary N) is 2. The zero-order valence-corrected chi connectivity index (χ0v) is 15.1. The number of carbonyl (C=O) groups excluding carboxylic acids is 3. The molecule has 0 aliphatic rings. The fraction of sp³-hybridized carbons (Fsp3) is 0.167. The van der Waals surface area contributed by atoms with Gasteiger partial charge in [-0.15, -0.1) is 0 Å². The Balaban J connectivity index is 1.67. The molecule has 0 aliphatic carbocycles. The topological polar surface area (TPSA) is 84.5 Å². The van der Waals surface area contributed by atoms with Gasteiger partial charge in [0.1, 0.15) is 0 Å². The minimum Gasteiger partial charge on any atom is -0.456 e. The van der Waals surface area contributed by atoms with Crippen molar-refractivity contribution >= 4 is 52.4 Å². The first-order chi connectivity index (χ1) is 12.4. The molecule has 0 aromatic heterocycles. The monoisotopic (exact) mass is 394 g/mol. The number of carbonyl (C=O) groups is 3. The lowest BCUT2D eigenvalue weighted by Crippen LogP contribution is -2.21. The van der Waals surface area contributed by atoms with Crippen LogP contribution in [0.4, 0.5) is 11.4 Å². The van der Waals surface area contributed by atoms with Gasteiger partial charge in [0.05, 0.1) is 6.42 Å². The minimum absolute atomic E-state index is 0.0653. The van der Waals surface area contributed by atoms with Gasteiger partial charge < -0.3 is 15.4 Å². The molecule has 2 amide bonds. The second kappa shape index (κ2) is 9.79. The number of anilines is 2. The third kappa shape index (κ3) is 7.13. The summed E-state index contributed by atoms with van der Waals surface area (Å²) in [6.45, 7) is -0.433. The molecular formula is C18H16Cl2N2O4. The van der Waals surface area contributed by atoms with Crippen molar-refractivity contribution in [2.45, 2.75) is 12.8 Å². The van der Waals surface area contributed by atoms with Crippen LogP contribution in [0.15, 0.2) is 48.5 Å². The Labute approximate surface area is 160 Å². The third-order valence-electron chi connectivity index (χ3n) is 3.16. The summed E-state index contributed by atoms with van der Waals surface area (Å²) in [6, 6.07) is 13.2. The Morgan fingerprint density at radius 2 is 1.50 bits per heavy atom. The molecular weight excluding hydrogens is 379 g/mol. The van der Waals surface area contributed by atoms with Crippen LogP contribution in [0.2, 0.25) is 10.0 Å². The molecule has 2 aromatic rings. The van der Waals surface area contributed by atoms with E-state index in [2.05, 4.69) is 10.6 Å². The molecule has 0 bridgehead atoms. The van der Waals surface area contributed by atoms with Crippen molar-refractivity contribution in [3.63, 3.8) is 0 Å². The third-order valence-corrected chi connectivity index (χ3v) is 3.64. The molecule has 26 heavy (non-hydrogen) atoms. The highest BCUT2D eigenvalue weighted by Crippen LogP contribution is 2.15. The lowest BCUT2D eigenvalue weighted by atomic mass is 10.2. The van der Waals surface area contributed by atoms with E-state index in [-0.39, 0.29) is 18.7 Å². The second-order valence-corrected chi connectivity index (χ2v) is 6.15. The summed E-state index contributed by atoms with van der Waals surface area (Å²) in [6.07, 6.45) is -0.204. The summed E-state index contributed by atoms with van der Waals surface area (Å²) in [7, 11) is 0. The summed E-state index contributed by atoms with van der Waals surface area (Å²) in [5.74, 6) is -1.48. The first kappa shape index (κ1) is 19.8. The molecule has 6 nitrogen and oxygen atoms in total. The van der Waals surface area contributed by atoms with E-state index >= 15 is 0 Å². The number of ether oxygens (including phenoxy) is 1. The van der Waals surface area contributed by atoms with Crippen LogP contribution in [-0.2, 0) is 19.1 Å². The lowest BCUT2D eigenvalue weighted by molar-refractivity contribution is -0.147. The number of esters is 1. The van der Waals surface area contributed by atoms with Crippen molar-refractivity contribution in [2.24, 2.45) is 0 Å². The van der Waals surface area contributed by atoms with Gasteiger partial charge >= 0.3 is 5.97 Å². The van der Waals surface area contributed by atoms with Crippen LogP contribution in [0, 0.1) is 0 Å². The number of rotatable bonds is 7. The highest BCUT2D eigenvalue weighted by Gasteiger charge is 2.11. The van der Waals surface area contributed by atoms with E-state index in [0.717, 1.165) is 0 Å². The first-order valence-electron chi connectivity index (χ1n) is 7.69. The molecule has 0 unspecified atom stereocenters. The number of hydrogen-bond acceptors (Lipinski definition) is 4. The summed E-state index contributed by atoms with van der Waals surface area (Å²) in [5.41, 5.74) is 1.08. The fourth-order valence-electron chi connectivity index (χ4n) is 1.95. The minimum atomic E-state index is -0.641. The molecule has 0 radical (unpaired) electrons. The maximum atomic E-state index is 11.8. The maximum Gasteiger partial charge on any atom is 0.306 e. The van der Waals surface area contributed by atoms with Crippen molar-refractivity contribution in [1.82, 2.24) is 0 Å². The summed E-state index contributed by atoms with van der Waals surface area (Å²) in [5, 5.41) is 6.22. The maximum absolute atomic E-state index is 11.8. The van der Waals surface area contributed by atoms with Crippen molar-refractivity contribution < 1.29 is 19.1 Å². The Hall–Kier alpha value is -2.57. The van der Waals surface area contributed by atoms with Crippen molar-refractivity contribution in [3.8, 4) is 0 Å². The smallest absolute Gasteiger partial charge is 0.306 e. The Morgan fingerprint density at radius 3 is 2.19 bits per heavy atom. The molecule has 0 saturated carbocycles. The van der Waals surface area contributed by atoms with Crippen LogP contribution in [0.25, 0.3) is 0 Å². The molecule has 136 valence electrons. The quantitative estimate of drug-likeness (QED) is 0.697. The molecule has 0 heterocycles. The van der Waals surface area contributed by atoms with Gasteiger partial charge in [-0.25, -0.2) is 0 Å². The molecule has 0 atom stereocenters. The zero-order chi connectivity index (χ0) is 18.9. The van der Waals surface area contributed by atoms with E-state index in [9.17, 15) is 14.4 Å². The zero-order valence-electron chi connectivity index (χ0n) is 13.6. The molecule has 2 aromatic carbocycles. The van der Waals surface area contributed by atoms with Gasteiger partial charge in [-0.1, -0.05) is 29.3 Å². The van der Waals surface area contributed by atoms with Gasteiger partial charge in [0.15, 0.2) is 6.61 Å². The molecule has 0 saturated heterocycles. The predicted molar refractivity (Wildman–Crippen MR) is 100 cm³/mol. The standard InChI is InChI=1S/C18H16Cl2N2O4/c19-12-4-6-14(7-5-12)21-17(24)11-26-18(25)9-8-16(23)22-15-3-1-2-13(20)10-15/h1-7,10H,8-9,11H2,(H,21,24)(H,22,23). The molecule has 2 N–H and O–H groups in total. The SMILES string of the molecule is O=C(CCC(=O)OCC(=O)Nc1ccc(Cl)cc1)Nc1cccc(Cl)c1. The van der Waals surface area contributed by atoms with Gasteiger partial charge in [-0.05, 0) is 42.5 Å². The molecule has 0 spiro atoms. The van der Waals surface area contributed by atoms with Crippen LogP contribution < -0.4 is 10.6 Å². The Morgan fingerprint density at radius 1 is 0.808 bits per heavy atom. The average molecular weight is 395 g/mol. The van der Waals surface area contributed by atoms with Crippen molar-refractivity contribution in [1.29, 1.82) is 0 Å². The van der Waals surface area contributed by atoms with Gasteiger partial charge in [0, 0.05) is 27.8 Å². The summed E-state index contributed by atoms with van der Waals surface area (Å²) < 4.78 is 4.84. The van der Waals surface area contributed by atoms with Crippen LogP contribution in [0.5, 0.6) is 0 Å². The Kier molecular flexibility index (Phi) is 7.44. The van der Waals surface area contributed by atoms with Crippen molar-refractivity contribution in [3.05, 3.63) is 58.6 Å². The van der Waals surface area contributed by atoms with Gasteiger partial charge in [-0.2, -0.15) is 0 Å². The van der Waals surface area contributed by atoms with E-state index in [0.29, 0.717) is 21.4 Å². The van der Waals surface area contributed by atoms with Crippen LogP contribution in [0.1, 0.15) is 12.8 Å². The molecule has 8 heteroatoms. The number of halogens is 2. The van der Waals surface area contributed by atoms with E-state index < -0.39 is 18.5 Å². The number of hydrogen-bond donors (Lipinski definition) is 2. The van der Waals surface area contributed by atoms with E-state index in [1.807, 2.05) is 0 Å². The van der Waals surface area contributed by atoms with E-state index in [4.69, 9.17) is 27.9 Å². The van der Waals surface area contributed by atoms with Crippen LogP contribution in [-0.4, -0.2) is 24.4 Å². The van der Waals surface area contributed by atoms with Crippen LogP contribution in [0.3, 0.4) is 0 Å². The van der Waals surface area contributed by atoms with Crippen LogP contribution >= 0.6 is 23.2 Å². The predicted octanol–water partition coefficient (Wildman–Crippen LogP) is 3.89. The number of benzene rings is 2. The van der Waals surface area contributed by atoms with E-state index in [1.165, 1.54) is 0 Å². The highest BCUT2D eigenvalue weighted by molar-refractivity contribution is 6.31. The average Bonchev–Trinajstić information content (AvgIpc) is 2.60. The fourth-order valence-corrected chi connectivity index (χ4v) is 2.27. The largest absolute Gasteiger partial charge is 0.456 e. The normalized spacial score (nSPS) is 10.1.